The van der Waals surface area contributed by atoms with Crippen LogP contribution in [0.3, 0.4) is 0 Å². The Morgan fingerprint density at radius 2 is 1.90 bits per heavy atom. The van der Waals surface area contributed by atoms with Crippen LogP contribution in [0.5, 0.6) is 0 Å². The second-order valence-electron chi connectivity index (χ2n) is 5.32. The molecule has 0 aromatic heterocycles. The fourth-order valence-electron chi connectivity index (χ4n) is 2.63. The van der Waals surface area contributed by atoms with Crippen LogP contribution < -0.4 is 5.73 Å². The van der Waals surface area contributed by atoms with Gasteiger partial charge in [0.2, 0.25) is 0 Å². The van der Waals surface area contributed by atoms with Crippen molar-refractivity contribution in [2.24, 2.45) is 0 Å². The van der Waals surface area contributed by atoms with Gasteiger partial charge in [-0.3, -0.25) is 4.79 Å². The highest BCUT2D eigenvalue weighted by Gasteiger charge is 2.21. The summed E-state index contributed by atoms with van der Waals surface area (Å²) in [4.78, 5) is 14.4. The largest absolute Gasteiger partial charge is 0.398 e. The van der Waals surface area contributed by atoms with E-state index in [9.17, 15) is 4.79 Å². The number of hydrogen-bond acceptors (Lipinski definition) is 2. The van der Waals surface area contributed by atoms with Crippen molar-refractivity contribution in [3.05, 3.63) is 64.7 Å². The fourth-order valence-corrected chi connectivity index (χ4v) is 2.63. The summed E-state index contributed by atoms with van der Waals surface area (Å²) in [7, 11) is 0. The maximum absolute atomic E-state index is 12.5. The van der Waals surface area contributed by atoms with Gasteiger partial charge < -0.3 is 10.6 Å². The number of rotatable bonds is 1. The molecule has 2 N–H and O–H groups in total. The lowest BCUT2D eigenvalue weighted by atomic mass is 9.99. The molecule has 0 aliphatic carbocycles. The van der Waals surface area contributed by atoms with Crippen LogP contribution in [-0.2, 0) is 13.0 Å². The zero-order valence-corrected chi connectivity index (χ0v) is 11.6. The second kappa shape index (κ2) is 5.00. The van der Waals surface area contributed by atoms with Gasteiger partial charge in [0.25, 0.3) is 5.91 Å². The summed E-state index contributed by atoms with van der Waals surface area (Å²) in [5.74, 6) is 0.0613. The van der Waals surface area contributed by atoms with E-state index < -0.39 is 0 Å². The Kier molecular flexibility index (Phi) is 3.18. The SMILES string of the molecule is Cc1ccc(C(=O)N2CCc3ccccc3C2)cc1N. The summed E-state index contributed by atoms with van der Waals surface area (Å²) in [5, 5.41) is 0. The van der Waals surface area contributed by atoms with Crippen molar-refractivity contribution in [1.29, 1.82) is 0 Å². The Balaban J connectivity index is 1.84. The number of carbonyl (C=O) groups excluding carboxylic acids is 1. The molecule has 3 nitrogen and oxygen atoms in total. The molecule has 1 amide bonds. The lowest BCUT2D eigenvalue weighted by Crippen LogP contribution is -2.35. The van der Waals surface area contributed by atoms with E-state index in [-0.39, 0.29) is 5.91 Å². The molecule has 0 saturated carbocycles. The number of fused-ring (bicyclic) bond motifs is 1. The lowest BCUT2D eigenvalue weighted by Gasteiger charge is -2.29. The highest BCUT2D eigenvalue weighted by Crippen LogP contribution is 2.21. The van der Waals surface area contributed by atoms with Gasteiger partial charge in [-0.05, 0) is 42.2 Å². The minimum absolute atomic E-state index is 0.0613. The van der Waals surface area contributed by atoms with Crippen molar-refractivity contribution < 1.29 is 4.79 Å². The highest BCUT2D eigenvalue weighted by molar-refractivity contribution is 5.95. The summed E-state index contributed by atoms with van der Waals surface area (Å²) in [6.07, 6.45) is 0.920. The van der Waals surface area contributed by atoms with Gasteiger partial charge in [0.05, 0.1) is 0 Å². The molecule has 0 unspecified atom stereocenters. The van der Waals surface area contributed by atoms with E-state index in [0.29, 0.717) is 17.8 Å². The summed E-state index contributed by atoms with van der Waals surface area (Å²) < 4.78 is 0. The van der Waals surface area contributed by atoms with Crippen molar-refractivity contribution >= 4 is 11.6 Å². The minimum Gasteiger partial charge on any atom is -0.398 e. The highest BCUT2D eigenvalue weighted by atomic mass is 16.2. The van der Waals surface area contributed by atoms with Gasteiger partial charge in [0.1, 0.15) is 0 Å². The van der Waals surface area contributed by atoms with Gasteiger partial charge in [-0.2, -0.15) is 0 Å². The van der Waals surface area contributed by atoms with Gasteiger partial charge >= 0.3 is 0 Å². The van der Waals surface area contributed by atoms with Crippen LogP contribution in [0, 0.1) is 6.92 Å². The molecule has 20 heavy (non-hydrogen) atoms. The molecule has 3 heteroatoms. The molecule has 0 saturated heterocycles. The van der Waals surface area contributed by atoms with Crippen molar-refractivity contribution in [1.82, 2.24) is 4.90 Å². The number of nitrogens with zero attached hydrogens (tertiary/aromatic N) is 1. The number of nitrogens with two attached hydrogens (primary N) is 1. The van der Waals surface area contributed by atoms with Crippen molar-refractivity contribution in [2.75, 3.05) is 12.3 Å². The molecule has 0 spiro atoms. The summed E-state index contributed by atoms with van der Waals surface area (Å²) in [6, 6.07) is 13.8. The van der Waals surface area contributed by atoms with Crippen molar-refractivity contribution in [3.63, 3.8) is 0 Å². The Bertz CT molecular complexity index is 664. The number of nitrogen functional groups attached to an aromatic ring is 1. The van der Waals surface area contributed by atoms with Gasteiger partial charge in [0, 0.05) is 24.3 Å². The van der Waals surface area contributed by atoms with E-state index in [0.717, 1.165) is 18.5 Å². The van der Waals surface area contributed by atoms with Crippen LogP contribution >= 0.6 is 0 Å². The van der Waals surface area contributed by atoms with E-state index in [4.69, 9.17) is 5.73 Å². The lowest BCUT2D eigenvalue weighted by molar-refractivity contribution is 0.0735. The molecule has 2 aromatic carbocycles. The van der Waals surface area contributed by atoms with Crippen molar-refractivity contribution in [3.8, 4) is 0 Å². The van der Waals surface area contributed by atoms with Crippen LogP contribution in [0.1, 0.15) is 27.0 Å². The maximum Gasteiger partial charge on any atom is 0.254 e. The average Bonchev–Trinajstić information content (AvgIpc) is 2.49. The number of anilines is 1. The third-order valence-corrected chi connectivity index (χ3v) is 3.94. The topological polar surface area (TPSA) is 46.3 Å². The number of amides is 1. The van der Waals surface area contributed by atoms with Crippen LogP contribution in [0.2, 0.25) is 0 Å². The zero-order valence-electron chi connectivity index (χ0n) is 11.6. The first kappa shape index (κ1) is 12.7. The molecule has 0 radical (unpaired) electrons. The number of hydrogen-bond donors (Lipinski definition) is 1. The Morgan fingerprint density at radius 3 is 2.65 bits per heavy atom. The Labute approximate surface area is 119 Å². The summed E-state index contributed by atoms with van der Waals surface area (Å²) in [6.45, 7) is 3.40. The fraction of sp³-hybridized carbons (Fsp3) is 0.235. The van der Waals surface area contributed by atoms with Crippen LogP contribution in [0.15, 0.2) is 42.5 Å². The molecule has 1 heterocycles. The summed E-state index contributed by atoms with van der Waals surface area (Å²) >= 11 is 0. The molecule has 102 valence electrons. The normalized spacial score (nSPS) is 13.9. The monoisotopic (exact) mass is 266 g/mol. The number of carbonyl (C=O) groups is 1. The first-order valence-corrected chi connectivity index (χ1v) is 6.87. The average molecular weight is 266 g/mol. The van der Waals surface area contributed by atoms with E-state index in [1.807, 2.05) is 30.0 Å². The first-order valence-electron chi connectivity index (χ1n) is 6.87. The Hall–Kier alpha value is -2.29. The molecule has 1 aliphatic rings. The number of benzene rings is 2. The van der Waals surface area contributed by atoms with E-state index in [1.165, 1.54) is 11.1 Å². The van der Waals surface area contributed by atoms with E-state index in [1.54, 1.807) is 6.07 Å². The Morgan fingerprint density at radius 1 is 1.15 bits per heavy atom. The zero-order chi connectivity index (χ0) is 14.1. The van der Waals surface area contributed by atoms with Gasteiger partial charge in [0.15, 0.2) is 0 Å². The molecular weight excluding hydrogens is 248 g/mol. The quantitative estimate of drug-likeness (QED) is 0.807. The minimum atomic E-state index is 0.0613. The summed E-state index contributed by atoms with van der Waals surface area (Å²) in [5.41, 5.74) is 10.8. The molecule has 3 rings (SSSR count). The van der Waals surface area contributed by atoms with Crippen LogP contribution in [-0.4, -0.2) is 17.4 Å². The molecule has 0 fully saturated rings. The predicted molar refractivity (Wildman–Crippen MR) is 80.5 cm³/mol. The third kappa shape index (κ3) is 2.27. The van der Waals surface area contributed by atoms with Gasteiger partial charge in [-0.25, -0.2) is 0 Å². The first-order chi connectivity index (χ1) is 9.65. The predicted octanol–water partition coefficient (Wildman–Crippen LogP) is 2.78. The van der Waals surface area contributed by atoms with Crippen molar-refractivity contribution in [2.45, 2.75) is 19.9 Å². The molecule has 0 bridgehead atoms. The van der Waals surface area contributed by atoms with Gasteiger partial charge in [-0.15, -0.1) is 0 Å². The van der Waals surface area contributed by atoms with Gasteiger partial charge in [-0.1, -0.05) is 30.3 Å². The second-order valence-corrected chi connectivity index (χ2v) is 5.32. The van der Waals surface area contributed by atoms with Crippen LogP contribution in [0.4, 0.5) is 5.69 Å². The van der Waals surface area contributed by atoms with E-state index >= 15 is 0 Å². The number of aryl methyl sites for hydroxylation is 1. The standard InChI is InChI=1S/C17H18N2O/c1-12-6-7-14(10-16(12)18)17(20)19-9-8-13-4-2-3-5-15(13)11-19/h2-7,10H,8-9,11,18H2,1H3. The maximum atomic E-state index is 12.5. The van der Waals surface area contributed by atoms with Crippen LogP contribution in [0.25, 0.3) is 0 Å². The molecule has 2 aromatic rings. The molecular formula is C17H18N2O. The van der Waals surface area contributed by atoms with E-state index in [2.05, 4.69) is 18.2 Å². The molecule has 0 atom stereocenters. The third-order valence-electron chi connectivity index (χ3n) is 3.94. The molecule has 1 aliphatic heterocycles. The smallest absolute Gasteiger partial charge is 0.254 e.